The number of benzene rings is 1. The summed E-state index contributed by atoms with van der Waals surface area (Å²) in [6, 6.07) is 4.43. The number of rotatable bonds is 4. The van der Waals surface area contributed by atoms with E-state index in [9.17, 15) is 13.6 Å². The Hall–Kier alpha value is -1.69. The molecule has 2 saturated heterocycles. The fourth-order valence-corrected chi connectivity index (χ4v) is 4.11. The maximum absolute atomic E-state index is 13.8. The summed E-state index contributed by atoms with van der Waals surface area (Å²) in [6.45, 7) is 6.54. The molecule has 138 valence electrons. The summed E-state index contributed by atoms with van der Waals surface area (Å²) >= 11 is 0. The molecular weight excluding hydrogens is 324 g/mol. The standard InChI is InChI=1S/C19H27F2N3O/c1-2-22-19(25)24-11-8-15(13-24)14-6-9-23(10-7-14)12-16-4-3-5-17(20)18(16)21/h3-5,14-15H,2,6-13H2,1H3,(H,22,25)/t15-/m0/s1. The van der Waals surface area contributed by atoms with Crippen LogP contribution in [-0.2, 0) is 6.54 Å². The summed E-state index contributed by atoms with van der Waals surface area (Å²) in [5.74, 6) is -0.314. The van der Waals surface area contributed by atoms with Crippen LogP contribution in [0.1, 0.15) is 31.7 Å². The second-order valence-corrected chi connectivity index (χ2v) is 7.16. The molecule has 1 aromatic rings. The van der Waals surface area contributed by atoms with E-state index in [4.69, 9.17) is 0 Å². The van der Waals surface area contributed by atoms with Crippen molar-refractivity contribution in [2.75, 3.05) is 32.7 Å². The van der Waals surface area contributed by atoms with Crippen molar-refractivity contribution in [3.05, 3.63) is 35.4 Å². The molecule has 1 aromatic carbocycles. The maximum atomic E-state index is 13.8. The third-order valence-corrected chi connectivity index (χ3v) is 5.56. The van der Waals surface area contributed by atoms with Crippen molar-refractivity contribution in [3.8, 4) is 0 Å². The first-order valence-electron chi connectivity index (χ1n) is 9.26. The van der Waals surface area contributed by atoms with Crippen molar-refractivity contribution < 1.29 is 13.6 Å². The topological polar surface area (TPSA) is 35.6 Å². The SMILES string of the molecule is CCNC(=O)N1CC[C@H](C2CCN(Cc3cccc(F)c3F)CC2)C1. The Morgan fingerprint density at radius 1 is 1.16 bits per heavy atom. The minimum atomic E-state index is -0.774. The molecule has 0 unspecified atom stereocenters. The van der Waals surface area contributed by atoms with E-state index < -0.39 is 11.6 Å². The van der Waals surface area contributed by atoms with Gasteiger partial charge in [0, 0.05) is 31.7 Å². The highest BCUT2D eigenvalue weighted by Gasteiger charge is 2.33. The van der Waals surface area contributed by atoms with Crippen LogP contribution in [0.5, 0.6) is 0 Å². The van der Waals surface area contributed by atoms with Crippen LogP contribution in [0, 0.1) is 23.5 Å². The van der Waals surface area contributed by atoms with Gasteiger partial charge in [0.1, 0.15) is 0 Å². The average Bonchev–Trinajstić information content (AvgIpc) is 3.10. The number of likely N-dealkylation sites (tertiary alicyclic amines) is 2. The molecule has 2 fully saturated rings. The van der Waals surface area contributed by atoms with Crippen molar-refractivity contribution in [2.45, 2.75) is 32.7 Å². The molecule has 2 aliphatic rings. The molecule has 3 rings (SSSR count). The van der Waals surface area contributed by atoms with E-state index in [1.165, 1.54) is 0 Å². The van der Waals surface area contributed by atoms with Crippen molar-refractivity contribution in [3.63, 3.8) is 0 Å². The molecule has 0 saturated carbocycles. The Bertz CT molecular complexity index is 602. The van der Waals surface area contributed by atoms with Gasteiger partial charge in [0.05, 0.1) is 0 Å². The second kappa shape index (κ2) is 8.13. The Morgan fingerprint density at radius 2 is 1.88 bits per heavy atom. The minimum absolute atomic E-state index is 0.0454. The number of nitrogens with one attached hydrogen (secondary N) is 1. The first-order valence-corrected chi connectivity index (χ1v) is 9.26. The third kappa shape index (κ3) is 4.29. The van der Waals surface area contributed by atoms with Gasteiger partial charge in [-0.3, -0.25) is 4.90 Å². The smallest absolute Gasteiger partial charge is 0.317 e. The highest BCUT2D eigenvalue weighted by Crippen LogP contribution is 2.32. The van der Waals surface area contributed by atoms with Gasteiger partial charge in [-0.05, 0) is 57.2 Å². The van der Waals surface area contributed by atoms with Gasteiger partial charge in [0.15, 0.2) is 11.6 Å². The highest BCUT2D eigenvalue weighted by molar-refractivity contribution is 5.74. The number of halogens is 2. The summed E-state index contributed by atoms with van der Waals surface area (Å²) in [7, 11) is 0. The summed E-state index contributed by atoms with van der Waals surface area (Å²) in [4.78, 5) is 16.0. The van der Waals surface area contributed by atoms with Crippen LogP contribution in [0.4, 0.5) is 13.6 Å². The van der Waals surface area contributed by atoms with Gasteiger partial charge in [-0.2, -0.15) is 0 Å². The first kappa shape index (κ1) is 18.1. The van der Waals surface area contributed by atoms with Gasteiger partial charge in [-0.25, -0.2) is 13.6 Å². The van der Waals surface area contributed by atoms with E-state index in [0.717, 1.165) is 51.5 Å². The zero-order chi connectivity index (χ0) is 17.8. The zero-order valence-electron chi connectivity index (χ0n) is 14.8. The van der Waals surface area contributed by atoms with Gasteiger partial charge in [-0.1, -0.05) is 12.1 Å². The number of nitrogens with zero attached hydrogens (tertiary/aromatic N) is 2. The number of carbonyl (C=O) groups is 1. The van der Waals surface area contributed by atoms with Gasteiger partial charge in [-0.15, -0.1) is 0 Å². The highest BCUT2D eigenvalue weighted by atomic mass is 19.2. The molecule has 4 nitrogen and oxygen atoms in total. The lowest BCUT2D eigenvalue weighted by molar-refractivity contribution is 0.140. The van der Waals surface area contributed by atoms with Crippen molar-refractivity contribution in [1.29, 1.82) is 0 Å². The molecule has 0 aliphatic carbocycles. The summed E-state index contributed by atoms with van der Waals surface area (Å²) in [5, 5.41) is 2.87. The predicted molar refractivity (Wildman–Crippen MR) is 93.1 cm³/mol. The molecular formula is C19H27F2N3O. The van der Waals surface area contributed by atoms with Crippen LogP contribution in [0.2, 0.25) is 0 Å². The average molecular weight is 351 g/mol. The van der Waals surface area contributed by atoms with Crippen LogP contribution in [-0.4, -0.2) is 48.6 Å². The Kier molecular flexibility index (Phi) is 5.89. The molecule has 2 aliphatic heterocycles. The fraction of sp³-hybridized carbons (Fsp3) is 0.632. The van der Waals surface area contributed by atoms with Crippen LogP contribution >= 0.6 is 0 Å². The molecule has 1 atom stereocenters. The minimum Gasteiger partial charge on any atom is -0.338 e. The van der Waals surface area contributed by atoms with E-state index in [0.29, 0.717) is 30.5 Å². The van der Waals surface area contributed by atoms with Crippen LogP contribution < -0.4 is 5.32 Å². The zero-order valence-corrected chi connectivity index (χ0v) is 14.8. The maximum Gasteiger partial charge on any atom is 0.317 e. The molecule has 1 N–H and O–H groups in total. The van der Waals surface area contributed by atoms with Crippen molar-refractivity contribution >= 4 is 6.03 Å². The number of carbonyl (C=O) groups excluding carboxylic acids is 1. The third-order valence-electron chi connectivity index (χ3n) is 5.56. The normalized spacial score (nSPS) is 22.4. The summed E-state index contributed by atoms with van der Waals surface area (Å²) < 4.78 is 27.1. The van der Waals surface area contributed by atoms with Crippen LogP contribution in [0.25, 0.3) is 0 Å². The van der Waals surface area contributed by atoms with E-state index in [1.54, 1.807) is 12.1 Å². The lowest BCUT2D eigenvalue weighted by atomic mass is 9.83. The monoisotopic (exact) mass is 351 g/mol. The number of amides is 2. The number of piperidine rings is 1. The Labute approximate surface area is 148 Å². The molecule has 0 aromatic heterocycles. The van der Waals surface area contributed by atoms with E-state index >= 15 is 0 Å². The number of urea groups is 1. The van der Waals surface area contributed by atoms with Gasteiger partial charge in [0.2, 0.25) is 0 Å². The van der Waals surface area contributed by atoms with Crippen molar-refractivity contribution in [2.24, 2.45) is 11.8 Å². The summed E-state index contributed by atoms with van der Waals surface area (Å²) in [5.41, 5.74) is 0.432. The number of hydrogen-bond donors (Lipinski definition) is 1. The fourth-order valence-electron chi connectivity index (χ4n) is 4.11. The van der Waals surface area contributed by atoms with E-state index in [2.05, 4.69) is 10.2 Å². The first-order chi connectivity index (χ1) is 12.1. The Balaban J connectivity index is 1.48. The molecule has 25 heavy (non-hydrogen) atoms. The molecule has 6 heteroatoms. The second-order valence-electron chi connectivity index (χ2n) is 7.16. The number of hydrogen-bond acceptors (Lipinski definition) is 2. The molecule has 0 radical (unpaired) electrons. The predicted octanol–water partition coefficient (Wildman–Crippen LogP) is 3.23. The van der Waals surface area contributed by atoms with E-state index in [-0.39, 0.29) is 6.03 Å². The lowest BCUT2D eigenvalue weighted by Crippen LogP contribution is -2.40. The molecule has 0 bridgehead atoms. The molecule has 2 amide bonds. The van der Waals surface area contributed by atoms with Gasteiger partial charge >= 0.3 is 6.03 Å². The van der Waals surface area contributed by atoms with Crippen molar-refractivity contribution in [1.82, 2.24) is 15.1 Å². The van der Waals surface area contributed by atoms with E-state index in [1.807, 2.05) is 11.8 Å². The van der Waals surface area contributed by atoms with Gasteiger partial charge in [0.25, 0.3) is 0 Å². The molecule has 0 spiro atoms. The van der Waals surface area contributed by atoms with Crippen LogP contribution in [0.3, 0.4) is 0 Å². The quantitative estimate of drug-likeness (QED) is 0.904. The summed E-state index contributed by atoms with van der Waals surface area (Å²) in [6.07, 6.45) is 3.19. The lowest BCUT2D eigenvalue weighted by Gasteiger charge is -2.35. The van der Waals surface area contributed by atoms with Crippen LogP contribution in [0.15, 0.2) is 18.2 Å². The van der Waals surface area contributed by atoms with Gasteiger partial charge < -0.3 is 10.2 Å². The molecule has 2 heterocycles. The largest absolute Gasteiger partial charge is 0.338 e. The Morgan fingerprint density at radius 3 is 2.60 bits per heavy atom.